The number of nitrogens with two attached hydrogens (primary N) is 1. The first-order chi connectivity index (χ1) is 16.5. The Morgan fingerprint density at radius 1 is 1.17 bits per heavy atom. The molecule has 3 aliphatic carbocycles. The van der Waals surface area contributed by atoms with E-state index in [-0.39, 0.29) is 29.7 Å². The highest BCUT2D eigenvalue weighted by molar-refractivity contribution is 6.24. The van der Waals surface area contributed by atoms with E-state index in [2.05, 4.69) is 0 Å². The lowest BCUT2D eigenvalue weighted by Gasteiger charge is -2.50. The van der Waals surface area contributed by atoms with Crippen LogP contribution in [0.15, 0.2) is 51.9 Å². The molecule has 182 valence electrons. The first-order valence-corrected chi connectivity index (χ1v) is 11.0. The van der Waals surface area contributed by atoms with Crippen molar-refractivity contribution in [2.75, 3.05) is 14.1 Å². The number of primary amides is 1. The molecule has 1 amide bonds. The zero-order valence-corrected chi connectivity index (χ0v) is 19.0. The molecule has 4 atom stereocenters. The molecule has 2 aromatic rings. The predicted octanol–water partition coefficient (Wildman–Crippen LogP) is 1.22. The van der Waals surface area contributed by atoms with Crippen LogP contribution in [-0.4, -0.2) is 68.5 Å². The molecule has 1 fully saturated rings. The number of likely N-dealkylation sites (N-methyl/N-ethyl adjacent to an activating group) is 1. The number of ketones is 2. The van der Waals surface area contributed by atoms with Gasteiger partial charge in [-0.25, -0.2) is 0 Å². The number of amides is 1. The molecule has 0 spiro atoms. The Balaban J connectivity index is 1.75. The molecule has 0 radical (unpaired) electrons. The molecule has 0 bridgehead atoms. The normalized spacial score (nSPS) is 28.2. The van der Waals surface area contributed by atoms with E-state index in [4.69, 9.17) is 10.2 Å². The van der Waals surface area contributed by atoms with Gasteiger partial charge in [0.2, 0.25) is 5.78 Å². The maximum atomic E-state index is 13.8. The van der Waals surface area contributed by atoms with Crippen molar-refractivity contribution in [1.82, 2.24) is 4.90 Å². The van der Waals surface area contributed by atoms with Gasteiger partial charge in [0.15, 0.2) is 11.4 Å². The van der Waals surface area contributed by atoms with Gasteiger partial charge in [0.05, 0.1) is 17.9 Å². The number of fused-ring (bicyclic) bond motifs is 3. The van der Waals surface area contributed by atoms with Crippen LogP contribution in [0.3, 0.4) is 0 Å². The standard InChI is InChI=1S/C25H24N2O8/c1-27(2)19-13-9-10-8-12-11(15-4-3-7-35-15)5-6-14(28)17(12)20(29)16(10)22(31)25(13,34)23(32)18(21(19)30)24(26)33/h3-7,10,13,19,28-29,32,34H,8-9H2,1-2H3,(H2,26,33)/t10-,13-,19-,25-/m1/s1. The molecule has 10 heteroatoms. The number of phenolic OH excluding ortho intramolecular Hbond substituents is 1. The Kier molecular flexibility index (Phi) is 4.94. The van der Waals surface area contributed by atoms with Gasteiger partial charge in [-0.15, -0.1) is 0 Å². The number of rotatable bonds is 3. The second-order valence-electron chi connectivity index (χ2n) is 9.42. The van der Waals surface area contributed by atoms with Crippen LogP contribution in [0.5, 0.6) is 5.75 Å². The average Bonchev–Trinajstić information content (AvgIpc) is 3.30. The van der Waals surface area contributed by atoms with Crippen molar-refractivity contribution < 1.29 is 39.2 Å². The third-order valence-electron chi connectivity index (χ3n) is 7.39. The summed E-state index contributed by atoms with van der Waals surface area (Å²) in [5.41, 5.74) is 2.82. The molecule has 5 rings (SSSR count). The fourth-order valence-corrected chi connectivity index (χ4v) is 5.91. The lowest BCUT2D eigenvalue weighted by molar-refractivity contribution is -0.153. The van der Waals surface area contributed by atoms with Crippen LogP contribution in [-0.2, 0) is 20.8 Å². The number of hydrogen-bond donors (Lipinski definition) is 5. The number of aromatic hydroxyl groups is 1. The van der Waals surface area contributed by atoms with Crippen molar-refractivity contribution in [2.24, 2.45) is 17.6 Å². The molecule has 35 heavy (non-hydrogen) atoms. The van der Waals surface area contributed by atoms with Gasteiger partial charge < -0.3 is 30.6 Å². The lowest BCUT2D eigenvalue weighted by atomic mass is 9.57. The quantitative estimate of drug-likeness (QED) is 0.405. The Labute approximate surface area is 199 Å². The number of carbonyl (C=O) groups excluding carboxylic acids is 3. The number of hydrogen-bond acceptors (Lipinski definition) is 9. The third-order valence-corrected chi connectivity index (χ3v) is 7.39. The van der Waals surface area contributed by atoms with Crippen molar-refractivity contribution in [3.8, 4) is 17.1 Å². The van der Waals surface area contributed by atoms with Gasteiger partial charge in [0.1, 0.15) is 28.6 Å². The summed E-state index contributed by atoms with van der Waals surface area (Å²) >= 11 is 0. The number of aliphatic hydroxyl groups excluding tert-OH is 2. The van der Waals surface area contributed by atoms with Gasteiger partial charge >= 0.3 is 0 Å². The largest absolute Gasteiger partial charge is 0.508 e. The minimum absolute atomic E-state index is 0.0233. The summed E-state index contributed by atoms with van der Waals surface area (Å²) in [4.78, 5) is 40.4. The zero-order chi connectivity index (χ0) is 25.4. The number of carbonyl (C=O) groups is 3. The third kappa shape index (κ3) is 2.93. The van der Waals surface area contributed by atoms with E-state index < -0.39 is 58.0 Å². The number of aliphatic hydroxyl groups is 3. The topological polar surface area (TPSA) is 175 Å². The highest BCUT2D eigenvalue weighted by Crippen LogP contribution is 2.53. The highest BCUT2D eigenvalue weighted by Gasteiger charge is 2.64. The van der Waals surface area contributed by atoms with E-state index in [1.54, 1.807) is 32.3 Å². The van der Waals surface area contributed by atoms with E-state index in [0.717, 1.165) is 0 Å². The molecule has 1 aromatic carbocycles. The summed E-state index contributed by atoms with van der Waals surface area (Å²) in [6, 6.07) is 5.31. The number of furan rings is 1. The van der Waals surface area contributed by atoms with Crippen LogP contribution in [0, 0.1) is 11.8 Å². The summed E-state index contributed by atoms with van der Waals surface area (Å²) in [6.07, 6.45) is 1.71. The Morgan fingerprint density at radius 3 is 2.49 bits per heavy atom. The van der Waals surface area contributed by atoms with Gasteiger partial charge in [-0.05, 0) is 62.7 Å². The molecule has 6 N–H and O–H groups in total. The maximum absolute atomic E-state index is 13.8. The number of benzene rings is 1. The highest BCUT2D eigenvalue weighted by atomic mass is 16.3. The minimum Gasteiger partial charge on any atom is -0.508 e. The summed E-state index contributed by atoms with van der Waals surface area (Å²) in [5.74, 6) is -6.28. The molecule has 1 heterocycles. The second kappa shape index (κ2) is 7.56. The van der Waals surface area contributed by atoms with E-state index in [0.29, 0.717) is 16.9 Å². The summed E-state index contributed by atoms with van der Waals surface area (Å²) < 4.78 is 5.51. The molecule has 0 aliphatic heterocycles. The van der Waals surface area contributed by atoms with Crippen molar-refractivity contribution in [1.29, 1.82) is 0 Å². The maximum Gasteiger partial charge on any atom is 0.255 e. The molecule has 0 unspecified atom stereocenters. The number of phenols is 1. The Bertz CT molecular complexity index is 1350. The zero-order valence-electron chi connectivity index (χ0n) is 19.0. The van der Waals surface area contributed by atoms with E-state index >= 15 is 0 Å². The van der Waals surface area contributed by atoms with Crippen LogP contribution < -0.4 is 5.73 Å². The first-order valence-electron chi connectivity index (χ1n) is 11.0. The molecule has 10 nitrogen and oxygen atoms in total. The van der Waals surface area contributed by atoms with Gasteiger partial charge in [0, 0.05) is 17.1 Å². The smallest absolute Gasteiger partial charge is 0.255 e. The molecule has 1 saturated carbocycles. The van der Waals surface area contributed by atoms with Crippen LogP contribution in [0.2, 0.25) is 0 Å². The van der Waals surface area contributed by atoms with Gasteiger partial charge in [-0.1, -0.05) is 0 Å². The van der Waals surface area contributed by atoms with E-state index in [1.165, 1.54) is 17.2 Å². The van der Waals surface area contributed by atoms with Crippen molar-refractivity contribution in [2.45, 2.75) is 24.5 Å². The van der Waals surface area contributed by atoms with Crippen molar-refractivity contribution >= 4 is 23.2 Å². The summed E-state index contributed by atoms with van der Waals surface area (Å²) in [5, 5.41) is 44.2. The first kappa shape index (κ1) is 22.9. The van der Waals surface area contributed by atoms with Crippen LogP contribution >= 0.6 is 0 Å². The monoisotopic (exact) mass is 480 g/mol. The van der Waals surface area contributed by atoms with Crippen LogP contribution in [0.1, 0.15) is 17.5 Å². The van der Waals surface area contributed by atoms with Gasteiger partial charge in [-0.2, -0.15) is 0 Å². The minimum atomic E-state index is -2.65. The SMILES string of the molecule is CN(C)[C@H]1C(=O)C(C(N)=O)=C(O)[C@]2(O)C(=O)C3=C(O)c4c(O)ccc(-c5ccco5)c4C[C@@H]3C[C@H]12. The number of nitrogens with zero attached hydrogens (tertiary/aromatic N) is 1. The molecule has 3 aliphatic rings. The summed E-state index contributed by atoms with van der Waals surface area (Å²) in [7, 11) is 3.11. The number of Topliss-reactive ketones (excluding diaryl/α,β-unsaturated/α-hetero) is 2. The summed E-state index contributed by atoms with van der Waals surface area (Å²) in [6.45, 7) is 0. The fourth-order valence-electron chi connectivity index (χ4n) is 5.91. The van der Waals surface area contributed by atoms with Gasteiger partial charge in [0.25, 0.3) is 5.91 Å². The van der Waals surface area contributed by atoms with Crippen molar-refractivity contribution in [3.63, 3.8) is 0 Å². The fraction of sp³-hybridized carbons (Fsp3) is 0.320. The molecular formula is C25H24N2O8. The van der Waals surface area contributed by atoms with Crippen molar-refractivity contribution in [3.05, 3.63) is 58.6 Å². The van der Waals surface area contributed by atoms with E-state index in [1.807, 2.05) is 0 Å². The Morgan fingerprint density at radius 2 is 1.89 bits per heavy atom. The van der Waals surface area contributed by atoms with Crippen LogP contribution in [0.25, 0.3) is 17.1 Å². The molecule has 0 saturated heterocycles. The average molecular weight is 480 g/mol. The predicted molar refractivity (Wildman–Crippen MR) is 122 cm³/mol. The second-order valence-corrected chi connectivity index (χ2v) is 9.42. The lowest BCUT2D eigenvalue weighted by Crippen LogP contribution is -2.65. The Hall–Kier alpha value is -3.89. The van der Waals surface area contributed by atoms with E-state index in [9.17, 15) is 34.8 Å². The van der Waals surface area contributed by atoms with Gasteiger partial charge in [-0.3, -0.25) is 19.3 Å². The van der Waals surface area contributed by atoms with Crippen LogP contribution in [0.4, 0.5) is 0 Å². The molecular weight excluding hydrogens is 456 g/mol. The molecule has 1 aromatic heterocycles.